The van der Waals surface area contributed by atoms with E-state index in [1.54, 1.807) is 36.3 Å². The quantitative estimate of drug-likeness (QED) is 0.184. The molecule has 10 nitrogen and oxygen atoms in total. The number of carbonyl (C=O) groups is 2. The lowest BCUT2D eigenvalue weighted by molar-refractivity contribution is -0.118. The molecule has 3 N–H and O–H groups in total. The topological polar surface area (TPSA) is 131 Å². The molecule has 0 spiro atoms. The van der Waals surface area contributed by atoms with Crippen molar-refractivity contribution in [3.05, 3.63) is 99.3 Å². The SMILES string of the molecule is COc1cccc(CCN(C(=O)c2cc3cccc(OC)c3o2)[C@@H]2CC(C(=O)NCCO)=C[C@H](Oc3ccccc3I)[C@H]2O)c1. The molecule has 0 aliphatic heterocycles. The van der Waals surface area contributed by atoms with Gasteiger partial charge in [0.05, 0.1) is 30.4 Å². The van der Waals surface area contributed by atoms with Crippen LogP contribution in [0.15, 0.2) is 88.9 Å². The lowest BCUT2D eigenvalue weighted by Crippen LogP contribution is -2.55. The molecule has 5 rings (SSSR count). The molecule has 1 aliphatic carbocycles. The average Bonchev–Trinajstić information content (AvgIpc) is 3.51. The summed E-state index contributed by atoms with van der Waals surface area (Å²) in [7, 11) is 3.12. The Hall–Kier alpha value is -4.07. The fraction of sp³-hybridized carbons (Fsp3) is 0.294. The molecular formula is C34H35IN2O8. The van der Waals surface area contributed by atoms with Crippen LogP contribution in [0.2, 0.25) is 0 Å². The van der Waals surface area contributed by atoms with E-state index in [0.29, 0.717) is 40.2 Å². The van der Waals surface area contributed by atoms with E-state index in [2.05, 4.69) is 27.9 Å². The number of hydrogen-bond acceptors (Lipinski definition) is 8. The van der Waals surface area contributed by atoms with Crippen LogP contribution in [0.1, 0.15) is 22.5 Å². The second kappa shape index (κ2) is 14.8. The normalized spacial score (nSPS) is 17.8. The highest BCUT2D eigenvalue weighted by molar-refractivity contribution is 14.1. The van der Waals surface area contributed by atoms with E-state index < -0.39 is 30.1 Å². The predicted molar refractivity (Wildman–Crippen MR) is 177 cm³/mol. The molecule has 0 unspecified atom stereocenters. The minimum absolute atomic E-state index is 0.0531. The number of para-hydroxylation sites is 2. The molecule has 0 bridgehead atoms. The van der Waals surface area contributed by atoms with Crippen LogP contribution in [0.3, 0.4) is 0 Å². The van der Waals surface area contributed by atoms with Gasteiger partial charge in [0.25, 0.3) is 5.91 Å². The molecule has 0 saturated heterocycles. The molecule has 0 fully saturated rings. The van der Waals surface area contributed by atoms with Gasteiger partial charge in [-0.05, 0) is 77.0 Å². The number of furan rings is 1. The van der Waals surface area contributed by atoms with Crippen LogP contribution in [0.5, 0.6) is 17.2 Å². The molecule has 0 saturated carbocycles. The number of hydrogen-bond donors (Lipinski definition) is 3. The Labute approximate surface area is 274 Å². The van der Waals surface area contributed by atoms with Gasteiger partial charge in [0.2, 0.25) is 5.91 Å². The van der Waals surface area contributed by atoms with E-state index in [9.17, 15) is 19.8 Å². The maximum Gasteiger partial charge on any atom is 0.289 e. The number of halogens is 1. The summed E-state index contributed by atoms with van der Waals surface area (Å²) >= 11 is 2.14. The highest BCUT2D eigenvalue weighted by Crippen LogP contribution is 2.33. The minimum Gasteiger partial charge on any atom is -0.497 e. The Balaban J connectivity index is 1.53. The Bertz CT molecular complexity index is 1690. The van der Waals surface area contributed by atoms with Gasteiger partial charge < -0.3 is 39.1 Å². The lowest BCUT2D eigenvalue weighted by atomic mass is 9.87. The largest absolute Gasteiger partial charge is 0.497 e. The first-order valence-electron chi connectivity index (χ1n) is 14.5. The molecule has 45 heavy (non-hydrogen) atoms. The molecule has 4 aromatic rings. The van der Waals surface area contributed by atoms with Gasteiger partial charge in [-0.25, -0.2) is 0 Å². The first-order valence-corrected chi connectivity index (χ1v) is 15.6. The maximum absolute atomic E-state index is 14.3. The summed E-state index contributed by atoms with van der Waals surface area (Å²) in [4.78, 5) is 29.1. The summed E-state index contributed by atoms with van der Waals surface area (Å²) in [6, 6.07) is 21.1. The lowest BCUT2D eigenvalue weighted by Gasteiger charge is -2.40. The fourth-order valence-corrected chi connectivity index (χ4v) is 5.92. The van der Waals surface area contributed by atoms with Crippen LogP contribution in [0.25, 0.3) is 11.0 Å². The van der Waals surface area contributed by atoms with Crippen molar-refractivity contribution in [2.24, 2.45) is 0 Å². The van der Waals surface area contributed by atoms with Gasteiger partial charge in [-0.3, -0.25) is 9.59 Å². The zero-order chi connectivity index (χ0) is 31.9. The van der Waals surface area contributed by atoms with Gasteiger partial charge in [0.15, 0.2) is 17.1 Å². The Morgan fingerprint density at radius 3 is 2.56 bits per heavy atom. The van der Waals surface area contributed by atoms with Crippen molar-refractivity contribution in [2.45, 2.75) is 31.1 Å². The number of aliphatic hydroxyl groups is 2. The smallest absolute Gasteiger partial charge is 0.289 e. The molecule has 1 aromatic heterocycles. The monoisotopic (exact) mass is 726 g/mol. The van der Waals surface area contributed by atoms with Crippen LogP contribution in [-0.2, 0) is 11.2 Å². The summed E-state index contributed by atoms with van der Waals surface area (Å²) in [5, 5.41) is 24.5. The minimum atomic E-state index is -1.19. The highest BCUT2D eigenvalue weighted by atomic mass is 127. The van der Waals surface area contributed by atoms with E-state index in [-0.39, 0.29) is 31.9 Å². The number of carbonyl (C=O) groups excluding carboxylic acids is 2. The van der Waals surface area contributed by atoms with Crippen LogP contribution in [0, 0.1) is 3.57 Å². The standard InChI is InChI=1S/C34H35IN2O8/c1-42-24-9-5-7-21(17-24)13-15-37(34(41)30-19-22-8-6-12-28(43-2)32(22)45-30)26-18-23(33(40)36-14-16-38)20-29(31(26)39)44-27-11-4-3-10-25(27)35/h3-12,17,19-20,26,29,31,38-39H,13-16,18H2,1-2H3,(H,36,40)/t26-,29+,31+/m1/s1. The van der Waals surface area contributed by atoms with Gasteiger partial charge in [0.1, 0.15) is 23.7 Å². The van der Waals surface area contributed by atoms with Gasteiger partial charge >= 0.3 is 0 Å². The fourth-order valence-electron chi connectivity index (χ4n) is 5.41. The third-order valence-corrected chi connectivity index (χ3v) is 8.58. The summed E-state index contributed by atoms with van der Waals surface area (Å²) in [5.41, 5.74) is 1.69. The number of amides is 2. The molecule has 236 valence electrons. The van der Waals surface area contributed by atoms with E-state index >= 15 is 0 Å². The van der Waals surface area contributed by atoms with Crippen LogP contribution < -0.4 is 19.5 Å². The van der Waals surface area contributed by atoms with Gasteiger partial charge in [-0.15, -0.1) is 0 Å². The summed E-state index contributed by atoms with van der Waals surface area (Å²) in [6.07, 6.45) is -0.0558. The third-order valence-electron chi connectivity index (χ3n) is 7.69. The number of aliphatic hydroxyl groups excluding tert-OH is 2. The van der Waals surface area contributed by atoms with Crippen molar-refractivity contribution in [1.82, 2.24) is 10.2 Å². The molecule has 3 atom stereocenters. The molecule has 2 amide bonds. The van der Waals surface area contributed by atoms with Crippen molar-refractivity contribution in [3.8, 4) is 17.2 Å². The maximum atomic E-state index is 14.3. The summed E-state index contributed by atoms with van der Waals surface area (Å²) < 4.78 is 24.0. The van der Waals surface area contributed by atoms with E-state index in [4.69, 9.17) is 18.6 Å². The second-order valence-electron chi connectivity index (χ2n) is 10.5. The van der Waals surface area contributed by atoms with Gasteiger partial charge in [-0.2, -0.15) is 0 Å². The average molecular weight is 727 g/mol. The third kappa shape index (κ3) is 7.43. The molecule has 11 heteroatoms. The van der Waals surface area contributed by atoms with Crippen molar-refractivity contribution in [3.63, 3.8) is 0 Å². The van der Waals surface area contributed by atoms with Crippen LogP contribution in [-0.4, -0.2) is 79.1 Å². The van der Waals surface area contributed by atoms with Crippen LogP contribution in [0.4, 0.5) is 0 Å². The van der Waals surface area contributed by atoms with E-state index in [1.165, 1.54) is 7.11 Å². The number of benzene rings is 3. The Morgan fingerprint density at radius 1 is 1.02 bits per heavy atom. The van der Waals surface area contributed by atoms with Crippen LogP contribution >= 0.6 is 22.6 Å². The first kappa shape index (κ1) is 32.3. The number of fused-ring (bicyclic) bond motifs is 1. The van der Waals surface area contributed by atoms with Crippen molar-refractivity contribution in [2.75, 3.05) is 33.9 Å². The zero-order valence-corrected chi connectivity index (χ0v) is 27.1. The van der Waals surface area contributed by atoms with E-state index in [1.807, 2.05) is 54.6 Å². The molecule has 1 heterocycles. The van der Waals surface area contributed by atoms with E-state index in [0.717, 1.165) is 9.13 Å². The second-order valence-corrected chi connectivity index (χ2v) is 11.7. The van der Waals surface area contributed by atoms with Crippen molar-refractivity contribution in [1.29, 1.82) is 0 Å². The molecule has 0 radical (unpaired) electrons. The molecule has 1 aliphatic rings. The van der Waals surface area contributed by atoms with Gasteiger partial charge in [-0.1, -0.05) is 36.4 Å². The zero-order valence-electron chi connectivity index (χ0n) is 24.9. The number of nitrogens with zero attached hydrogens (tertiary/aromatic N) is 1. The predicted octanol–water partition coefficient (Wildman–Crippen LogP) is 4.36. The van der Waals surface area contributed by atoms with Crippen molar-refractivity contribution < 1.29 is 38.4 Å². The summed E-state index contributed by atoms with van der Waals surface area (Å²) in [5.74, 6) is 0.917. The number of nitrogens with one attached hydrogen (secondary N) is 1. The first-order chi connectivity index (χ1) is 21.8. The van der Waals surface area contributed by atoms with Crippen molar-refractivity contribution >= 4 is 45.4 Å². The number of rotatable bonds is 12. The number of ether oxygens (including phenoxy) is 3. The summed E-state index contributed by atoms with van der Waals surface area (Å²) in [6.45, 7) is 0.0295. The Morgan fingerprint density at radius 2 is 1.80 bits per heavy atom. The number of methoxy groups -OCH3 is 2. The molecular weight excluding hydrogens is 691 g/mol. The Kier molecular flexibility index (Phi) is 10.6. The highest BCUT2D eigenvalue weighted by Gasteiger charge is 2.41. The molecule has 3 aromatic carbocycles. The van der Waals surface area contributed by atoms with Gasteiger partial charge in [0, 0.05) is 30.5 Å².